The van der Waals surface area contributed by atoms with Crippen LogP contribution in [0.3, 0.4) is 0 Å². The third kappa shape index (κ3) is 3.76. The molecule has 0 radical (unpaired) electrons. The minimum absolute atomic E-state index is 0.253. The number of halogens is 3. The number of hydrogen-bond acceptors (Lipinski definition) is 4. The molecule has 0 aromatic heterocycles. The Labute approximate surface area is 188 Å². The van der Waals surface area contributed by atoms with Crippen LogP contribution in [-0.4, -0.2) is 52.9 Å². The number of fused-ring (bicyclic) bond motifs is 3. The molecule has 5 rings (SSSR count). The van der Waals surface area contributed by atoms with E-state index in [0.29, 0.717) is 41.4 Å². The van der Waals surface area contributed by atoms with Gasteiger partial charge < -0.3 is 14.8 Å². The molecular weight excluding hydrogens is 431 g/mol. The van der Waals surface area contributed by atoms with E-state index in [2.05, 4.69) is 15.0 Å². The van der Waals surface area contributed by atoms with Gasteiger partial charge in [0.2, 0.25) is 0 Å². The van der Waals surface area contributed by atoms with Crippen LogP contribution in [0, 0.1) is 0 Å². The van der Waals surface area contributed by atoms with Gasteiger partial charge in [0.1, 0.15) is 5.69 Å². The van der Waals surface area contributed by atoms with Gasteiger partial charge in [0, 0.05) is 30.7 Å². The highest BCUT2D eigenvalue weighted by Crippen LogP contribution is 2.40. The normalized spacial score (nSPS) is 15.8. The highest BCUT2D eigenvalue weighted by Gasteiger charge is 2.34. The summed E-state index contributed by atoms with van der Waals surface area (Å²) in [5, 5.41) is 4.74. The van der Waals surface area contributed by atoms with E-state index >= 15 is 0 Å². The minimum atomic E-state index is -4.52. The summed E-state index contributed by atoms with van der Waals surface area (Å²) < 4.78 is 42.8. The molecule has 172 valence electrons. The van der Waals surface area contributed by atoms with Crippen molar-refractivity contribution in [2.24, 2.45) is 0 Å². The highest BCUT2D eigenvalue weighted by molar-refractivity contribution is 6.00. The lowest BCUT2D eigenvalue weighted by Gasteiger charge is -2.37. The monoisotopic (exact) mass is 455 g/mol. The van der Waals surface area contributed by atoms with E-state index in [1.165, 1.54) is 10.7 Å². The van der Waals surface area contributed by atoms with Gasteiger partial charge in [-0.2, -0.15) is 23.0 Å². The molecule has 6 nitrogen and oxygen atoms in total. The second-order valence-electron chi connectivity index (χ2n) is 8.70. The third-order valence-corrected chi connectivity index (χ3v) is 6.47. The number of piperidine rings is 1. The van der Waals surface area contributed by atoms with E-state index < -0.39 is 11.7 Å². The number of para-hydroxylation sites is 1. The predicted molar refractivity (Wildman–Crippen MR) is 122 cm³/mol. The number of aromatic amines is 1. The molecule has 1 fully saturated rings. The van der Waals surface area contributed by atoms with Crippen molar-refractivity contribution in [3.8, 4) is 16.9 Å². The summed E-state index contributed by atoms with van der Waals surface area (Å²) in [7, 11) is 4.04. The van der Waals surface area contributed by atoms with Crippen LogP contribution in [-0.2, 0) is 6.18 Å². The van der Waals surface area contributed by atoms with Gasteiger partial charge in [0.05, 0.1) is 28.0 Å². The first-order valence-corrected chi connectivity index (χ1v) is 10.9. The summed E-state index contributed by atoms with van der Waals surface area (Å²) in [5.41, 5.74) is 0.987. The molecule has 1 saturated heterocycles. The topological polar surface area (TPSA) is 57.2 Å². The summed E-state index contributed by atoms with van der Waals surface area (Å²) >= 11 is 0. The quantitative estimate of drug-likeness (QED) is 0.499. The van der Waals surface area contributed by atoms with Crippen molar-refractivity contribution in [1.29, 1.82) is 0 Å². The highest BCUT2D eigenvalue weighted by atomic mass is 19.4. The van der Waals surface area contributed by atoms with Gasteiger partial charge in [-0.05, 0) is 51.2 Å². The molecule has 9 heteroatoms. The molecule has 33 heavy (non-hydrogen) atoms. The Morgan fingerprint density at radius 2 is 1.79 bits per heavy atom. The standard InChI is InChI=1S/C24H24F3N5O/c1-30(2)16-8-10-31(11-9-16)20-13-15(24(25,26)27)12-18-21-19(14-28-22(18)20)23(33)32(29-21)17-6-4-3-5-7-17/h3-7,12-14,16,28H,8-11H2,1-2H3. The van der Waals surface area contributed by atoms with Crippen molar-refractivity contribution >= 4 is 16.6 Å². The maximum atomic E-state index is 13.9. The van der Waals surface area contributed by atoms with E-state index in [1.807, 2.05) is 25.1 Å². The average molecular weight is 455 g/mol. The second kappa shape index (κ2) is 7.91. The second-order valence-corrected chi connectivity index (χ2v) is 8.70. The first-order valence-electron chi connectivity index (χ1n) is 10.9. The molecule has 0 unspecified atom stereocenters. The number of anilines is 1. The fraction of sp³-hybridized carbons (Fsp3) is 0.333. The number of rotatable bonds is 3. The molecule has 0 amide bonds. The molecule has 3 aliphatic rings. The summed E-state index contributed by atoms with van der Waals surface area (Å²) in [6, 6.07) is 11.5. The van der Waals surface area contributed by atoms with Crippen LogP contribution in [0.4, 0.5) is 18.9 Å². The third-order valence-electron chi connectivity index (χ3n) is 6.47. The first-order chi connectivity index (χ1) is 15.7. The van der Waals surface area contributed by atoms with Gasteiger partial charge in [-0.3, -0.25) is 4.79 Å². The summed E-state index contributed by atoms with van der Waals surface area (Å²) in [5.74, 6) is 0. The Balaban J connectivity index is 1.70. The number of pyridine rings is 1. The summed E-state index contributed by atoms with van der Waals surface area (Å²) in [4.78, 5) is 20.2. The zero-order valence-corrected chi connectivity index (χ0v) is 18.4. The van der Waals surface area contributed by atoms with E-state index in [9.17, 15) is 18.0 Å². The number of hydrogen-bond donors (Lipinski definition) is 1. The number of benzene rings is 2. The fourth-order valence-electron chi connectivity index (χ4n) is 4.63. The number of nitrogens with one attached hydrogen (secondary N) is 1. The van der Waals surface area contributed by atoms with Crippen molar-refractivity contribution in [2.75, 3.05) is 32.1 Å². The Bertz CT molecular complexity index is 1320. The van der Waals surface area contributed by atoms with Crippen LogP contribution in [0.15, 0.2) is 53.5 Å². The molecule has 0 bridgehead atoms. The Hall–Kier alpha value is -3.33. The van der Waals surface area contributed by atoms with Gasteiger partial charge in [-0.25, -0.2) is 0 Å². The van der Waals surface area contributed by atoms with Crippen molar-refractivity contribution in [1.82, 2.24) is 19.7 Å². The molecular formula is C24H24F3N5O. The van der Waals surface area contributed by atoms with Crippen molar-refractivity contribution in [3.05, 3.63) is 64.6 Å². The molecule has 2 aromatic carbocycles. The van der Waals surface area contributed by atoms with Crippen LogP contribution >= 0.6 is 0 Å². The largest absolute Gasteiger partial charge is 0.416 e. The maximum Gasteiger partial charge on any atom is 0.416 e. The number of nitrogens with zero attached hydrogens (tertiary/aromatic N) is 4. The zero-order valence-electron chi connectivity index (χ0n) is 18.4. The average Bonchev–Trinajstić information content (AvgIpc) is 3.15. The molecule has 0 spiro atoms. The van der Waals surface area contributed by atoms with Crippen LogP contribution in [0.25, 0.3) is 27.8 Å². The number of H-pyrrole nitrogens is 1. The van der Waals surface area contributed by atoms with Gasteiger partial charge in [0.15, 0.2) is 0 Å². The van der Waals surface area contributed by atoms with E-state index in [4.69, 9.17) is 0 Å². The van der Waals surface area contributed by atoms with Crippen LogP contribution < -0.4 is 10.5 Å². The molecule has 3 heterocycles. The van der Waals surface area contributed by atoms with E-state index in [-0.39, 0.29) is 16.8 Å². The van der Waals surface area contributed by atoms with E-state index in [1.54, 1.807) is 30.5 Å². The van der Waals surface area contributed by atoms with Crippen LogP contribution in [0.2, 0.25) is 0 Å². The van der Waals surface area contributed by atoms with Gasteiger partial charge in [-0.1, -0.05) is 18.2 Å². The Kier molecular flexibility index (Phi) is 5.16. The minimum Gasteiger partial charge on any atom is -0.370 e. The fourth-order valence-corrected chi connectivity index (χ4v) is 4.63. The van der Waals surface area contributed by atoms with Crippen molar-refractivity contribution in [2.45, 2.75) is 25.1 Å². The molecule has 0 saturated carbocycles. The molecule has 0 aliphatic carbocycles. The van der Waals surface area contributed by atoms with Crippen molar-refractivity contribution in [3.63, 3.8) is 0 Å². The Morgan fingerprint density at radius 3 is 2.42 bits per heavy atom. The van der Waals surface area contributed by atoms with Crippen LogP contribution in [0.5, 0.6) is 0 Å². The smallest absolute Gasteiger partial charge is 0.370 e. The van der Waals surface area contributed by atoms with Gasteiger partial charge >= 0.3 is 6.18 Å². The van der Waals surface area contributed by atoms with E-state index in [0.717, 1.165) is 18.9 Å². The maximum absolute atomic E-state index is 13.9. The van der Waals surface area contributed by atoms with Gasteiger partial charge in [0.25, 0.3) is 5.56 Å². The SMILES string of the molecule is CN(C)C1CCN(c2cc(C(F)(F)F)cc3c4nn(-c5ccccc5)c(=O)c-4c[nH]c23)CC1. The lowest BCUT2D eigenvalue weighted by Crippen LogP contribution is -2.42. The summed E-state index contributed by atoms with van der Waals surface area (Å²) in [6.45, 7) is 1.30. The molecule has 2 aromatic rings. The lowest BCUT2D eigenvalue weighted by molar-refractivity contribution is -0.137. The number of alkyl halides is 3. The lowest BCUT2D eigenvalue weighted by atomic mass is 10.00. The van der Waals surface area contributed by atoms with Gasteiger partial charge in [-0.15, -0.1) is 0 Å². The molecule has 1 N–H and O–H groups in total. The first kappa shape index (κ1) is 21.5. The summed E-state index contributed by atoms with van der Waals surface area (Å²) in [6.07, 6.45) is -1.24. The molecule has 0 atom stereocenters. The molecule has 3 aliphatic heterocycles. The Morgan fingerprint density at radius 1 is 1.09 bits per heavy atom. The number of aromatic nitrogens is 3. The van der Waals surface area contributed by atoms with Crippen LogP contribution in [0.1, 0.15) is 18.4 Å². The zero-order chi connectivity index (χ0) is 23.3. The predicted octanol–water partition coefficient (Wildman–Crippen LogP) is 4.37. The van der Waals surface area contributed by atoms with Crippen molar-refractivity contribution < 1.29 is 13.2 Å².